The monoisotopic (exact) mass is 334 g/mol. The fraction of sp³-hybridized carbons (Fsp3) is 0.733. The van der Waals surface area contributed by atoms with Crippen LogP contribution in [0.4, 0.5) is 4.79 Å². The lowest BCUT2D eigenvalue weighted by molar-refractivity contribution is 0.143. The average Bonchev–Trinajstić information content (AvgIpc) is 2.70. The molecule has 21 heavy (non-hydrogen) atoms. The van der Waals surface area contributed by atoms with Gasteiger partial charge in [-0.3, -0.25) is 4.90 Å². The molecule has 1 N–H and O–H groups in total. The maximum absolute atomic E-state index is 11.9. The Morgan fingerprint density at radius 2 is 1.76 bits per heavy atom. The lowest BCUT2D eigenvalue weighted by Crippen LogP contribution is -2.43. The van der Waals surface area contributed by atoms with Crippen molar-refractivity contribution in [3.8, 4) is 0 Å². The van der Waals surface area contributed by atoms with Gasteiger partial charge in [-0.15, -0.1) is 0 Å². The fourth-order valence-electron chi connectivity index (χ4n) is 2.65. The summed E-state index contributed by atoms with van der Waals surface area (Å²) in [6.07, 6.45) is -0.889. The smallest absolute Gasteiger partial charge is 0.411 e. The SMILES string of the molecule is C/C(Cl)=C(/Cl)C(C)C(C)C(=N)[C@H]1OC(=O)N(C(C)C)[C@H]1C. The quantitative estimate of drug-likeness (QED) is 0.746. The molecule has 120 valence electrons. The Labute approximate surface area is 136 Å². The zero-order valence-corrected chi connectivity index (χ0v) is 14.9. The molecule has 2 unspecified atom stereocenters. The highest BCUT2D eigenvalue weighted by Crippen LogP contribution is 2.32. The molecule has 0 radical (unpaired) electrons. The van der Waals surface area contributed by atoms with Crippen LogP contribution in [0.2, 0.25) is 0 Å². The van der Waals surface area contributed by atoms with Gasteiger partial charge in [-0.1, -0.05) is 37.0 Å². The summed E-state index contributed by atoms with van der Waals surface area (Å²) in [6.45, 7) is 11.3. The Balaban J connectivity index is 2.90. The minimum absolute atomic E-state index is 0.0478. The van der Waals surface area contributed by atoms with E-state index < -0.39 is 6.10 Å². The molecule has 1 aliphatic rings. The van der Waals surface area contributed by atoms with Gasteiger partial charge in [-0.2, -0.15) is 0 Å². The first kappa shape index (κ1) is 18.3. The molecule has 0 bridgehead atoms. The van der Waals surface area contributed by atoms with E-state index >= 15 is 0 Å². The van der Waals surface area contributed by atoms with Gasteiger partial charge in [0.1, 0.15) is 0 Å². The summed E-state index contributed by atoms with van der Waals surface area (Å²) in [5.74, 6) is -0.241. The molecular formula is C15H24Cl2N2O2. The largest absolute Gasteiger partial charge is 0.438 e. The van der Waals surface area contributed by atoms with Gasteiger partial charge in [-0.25, -0.2) is 4.79 Å². The van der Waals surface area contributed by atoms with Crippen LogP contribution >= 0.6 is 23.2 Å². The first-order valence-corrected chi connectivity index (χ1v) is 7.94. The second-order valence-corrected chi connectivity index (χ2v) is 6.93. The van der Waals surface area contributed by atoms with Crippen LogP contribution in [0, 0.1) is 17.2 Å². The van der Waals surface area contributed by atoms with E-state index in [1.165, 1.54) is 0 Å². The number of hydrogen-bond donors (Lipinski definition) is 1. The Hall–Kier alpha value is -0.740. The molecule has 1 heterocycles. The number of cyclic esters (lactones) is 1. The molecule has 0 saturated carbocycles. The highest BCUT2D eigenvalue weighted by Gasteiger charge is 2.44. The molecule has 4 atom stereocenters. The van der Waals surface area contributed by atoms with Crippen LogP contribution in [0.5, 0.6) is 0 Å². The van der Waals surface area contributed by atoms with Crippen molar-refractivity contribution in [2.75, 3.05) is 0 Å². The third kappa shape index (κ3) is 3.72. The van der Waals surface area contributed by atoms with Gasteiger partial charge in [-0.05, 0) is 27.7 Å². The minimum Gasteiger partial charge on any atom is -0.438 e. The first-order valence-electron chi connectivity index (χ1n) is 7.18. The summed E-state index contributed by atoms with van der Waals surface area (Å²) in [5.41, 5.74) is 0.377. The van der Waals surface area contributed by atoms with Crippen molar-refractivity contribution >= 4 is 35.0 Å². The molecule has 1 fully saturated rings. The number of nitrogens with one attached hydrogen (secondary N) is 1. The van der Waals surface area contributed by atoms with Crippen molar-refractivity contribution in [2.45, 2.75) is 59.7 Å². The molecule has 6 heteroatoms. The van der Waals surface area contributed by atoms with Crippen LogP contribution in [-0.4, -0.2) is 34.9 Å². The van der Waals surface area contributed by atoms with Crippen molar-refractivity contribution in [1.82, 2.24) is 4.90 Å². The van der Waals surface area contributed by atoms with Crippen molar-refractivity contribution in [3.05, 3.63) is 10.1 Å². The summed E-state index contributed by atoms with van der Waals surface area (Å²) >= 11 is 12.1. The summed E-state index contributed by atoms with van der Waals surface area (Å²) in [7, 11) is 0. The normalized spacial score (nSPS) is 26.5. The second kappa shape index (κ2) is 7.01. The number of amides is 1. The van der Waals surface area contributed by atoms with Gasteiger partial charge in [0.2, 0.25) is 0 Å². The lowest BCUT2D eigenvalue weighted by Gasteiger charge is -2.28. The van der Waals surface area contributed by atoms with Crippen molar-refractivity contribution in [2.24, 2.45) is 11.8 Å². The van der Waals surface area contributed by atoms with Gasteiger partial charge < -0.3 is 10.1 Å². The molecule has 0 aromatic heterocycles. The molecular weight excluding hydrogens is 311 g/mol. The topological polar surface area (TPSA) is 53.4 Å². The van der Waals surface area contributed by atoms with E-state index in [1.54, 1.807) is 11.8 Å². The van der Waals surface area contributed by atoms with E-state index in [4.69, 9.17) is 33.3 Å². The number of hydrogen-bond acceptors (Lipinski definition) is 3. The van der Waals surface area contributed by atoms with Gasteiger partial charge in [0.05, 0.1) is 11.8 Å². The number of halogens is 2. The van der Waals surface area contributed by atoms with Gasteiger partial charge in [0, 0.05) is 27.9 Å². The number of ether oxygens (including phenoxy) is 1. The van der Waals surface area contributed by atoms with Gasteiger partial charge >= 0.3 is 6.09 Å². The van der Waals surface area contributed by atoms with E-state index in [9.17, 15) is 4.79 Å². The molecule has 0 aromatic rings. The standard InChI is InChI=1S/C15H24Cl2N2O2/c1-7(2)19-11(6)14(21-15(19)20)13(18)9(4)8(3)12(17)10(5)16/h7-9,11,14,18H,1-6H3/b12-10-,18-13?/t8?,9?,11-,14-/m0/s1. The molecule has 1 amide bonds. The zero-order chi connectivity index (χ0) is 16.5. The van der Waals surface area contributed by atoms with Crippen LogP contribution in [0.1, 0.15) is 41.5 Å². The Morgan fingerprint density at radius 3 is 2.14 bits per heavy atom. The summed E-state index contributed by atoms with van der Waals surface area (Å²) < 4.78 is 5.39. The minimum atomic E-state index is -0.530. The van der Waals surface area contributed by atoms with Crippen molar-refractivity contribution in [1.29, 1.82) is 5.41 Å². The van der Waals surface area contributed by atoms with Gasteiger partial charge in [0.15, 0.2) is 6.10 Å². The molecule has 0 aliphatic carbocycles. The molecule has 1 rings (SSSR count). The maximum Gasteiger partial charge on any atom is 0.411 e. The molecule has 0 spiro atoms. The Morgan fingerprint density at radius 1 is 1.24 bits per heavy atom. The second-order valence-electron chi connectivity index (χ2n) is 5.96. The highest BCUT2D eigenvalue weighted by molar-refractivity contribution is 6.39. The molecule has 1 saturated heterocycles. The predicted molar refractivity (Wildman–Crippen MR) is 87.2 cm³/mol. The number of nitrogens with zero attached hydrogens (tertiary/aromatic N) is 1. The number of rotatable bonds is 5. The highest BCUT2D eigenvalue weighted by atomic mass is 35.5. The Kier molecular flexibility index (Phi) is 6.11. The van der Waals surface area contributed by atoms with E-state index in [0.717, 1.165) is 0 Å². The third-order valence-electron chi connectivity index (χ3n) is 4.15. The lowest BCUT2D eigenvalue weighted by atomic mass is 9.86. The summed E-state index contributed by atoms with van der Waals surface area (Å²) in [6, 6.07) is -0.105. The summed E-state index contributed by atoms with van der Waals surface area (Å²) in [5, 5.41) is 9.46. The van der Waals surface area contributed by atoms with Crippen LogP contribution in [0.15, 0.2) is 10.1 Å². The molecule has 1 aliphatic heterocycles. The van der Waals surface area contributed by atoms with Crippen LogP contribution in [-0.2, 0) is 4.74 Å². The van der Waals surface area contributed by atoms with E-state index in [2.05, 4.69) is 0 Å². The van der Waals surface area contributed by atoms with E-state index in [-0.39, 0.29) is 30.0 Å². The van der Waals surface area contributed by atoms with E-state index in [0.29, 0.717) is 15.8 Å². The maximum atomic E-state index is 11.9. The average molecular weight is 335 g/mol. The van der Waals surface area contributed by atoms with Crippen LogP contribution < -0.4 is 0 Å². The number of carbonyl (C=O) groups excluding carboxylic acids is 1. The zero-order valence-electron chi connectivity index (χ0n) is 13.4. The van der Waals surface area contributed by atoms with Crippen LogP contribution in [0.25, 0.3) is 0 Å². The molecule has 4 nitrogen and oxygen atoms in total. The van der Waals surface area contributed by atoms with Crippen molar-refractivity contribution < 1.29 is 9.53 Å². The van der Waals surface area contributed by atoms with E-state index in [1.807, 2.05) is 34.6 Å². The molecule has 0 aromatic carbocycles. The van der Waals surface area contributed by atoms with Crippen molar-refractivity contribution in [3.63, 3.8) is 0 Å². The first-order chi connectivity index (χ1) is 9.59. The third-order valence-corrected chi connectivity index (χ3v) is 5.08. The number of allylic oxidation sites excluding steroid dienone is 2. The fourth-order valence-corrected chi connectivity index (χ4v) is 3.01. The summed E-state index contributed by atoms with van der Waals surface area (Å²) in [4.78, 5) is 13.6. The Bertz CT molecular complexity index is 459. The predicted octanol–water partition coefficient (Wildman–Crippen LogP) is 4.61. The van der Waals surface area contributed by atoms with Crippen LogP contribution in [0.3, 0.4) is 0 Å². The number of carbonyl (C=O) groups is 1. The van der Waals surface area contributed by atoms with Gasteiger partial charge in [0.25, 0.3) is 0 Å².